The van der Waals surface area contributed by atoms with E-state index >= 15 is 0 Å². The highest BCUT2D eigenvalue weighted by Crippen LogP contribution is 2.24. The van der Waals surface area contributed by atoms with Crippen molar-refractivity contribution in [1.82, 2.24) is 4.57 Å². The van der Waals surface area contributed by atoms with Gasteiger partial charge in [0.2, 0.25) is 10.0 Å². The van der Waals surface area contributed by atoms with Crippen LogP contribution < -0.4 is 10.5 Å². The van der Waals surface area contributed by atoms with Gasteiger partial charge in [-0.05, 0) is 74.0 Å². The van der Waals surface area contributed by atoms with Crippen molar-refractivity contribution in [1.29, 1.82) is 5.26 Å². The number of sulfonamides is 1. The predicted molar refractivity (Wildman–Crippen MR) is 134 cm³/mol. The second kappa shape index (κ2) is 10.7. The van der Waals surface area contributed by atoms with Crippen LogP contribution in [0.1, 0.15) is 17.0 Å². The normalized spacial score (nSPS) is 11.6. The number of hydrogen-bond donors (Lipinski definition) is 2. The Kier molecular flexibility index (Phi) is 7.91. The van der Waals surface area contributed by atoms with Gasteiger partial charge in [0.1, 0.15) is 11.6 Å². The van der Waals surface area contributed by atoms with Crippen LogP contribution in [0.4, 0.5) is 5.69 Å². The molecule has 0 aliphatic heterocycles. The second-order valence-corrected chi connectivity index (χ2v) is 9.98. The molecule has 0 bridgehead atoms. The van der Waals surface area contributed by atoms with Crippen LogP contribution in [0.15, 0.2) is 69.5 Å². The van der Waals surface area contributed by atoms with Gasteiger partial charge in [-0.2, -0.15) is 5.26 Å². The number of nitrogens with one attached hydrogen (secondary N) is 1. The zero-order valence-electron chi connectivity index (χ0n) is 18.8. The van der Waals surface area contributed by atoms with Crippen molar-refractivity contribution >= 4 is 49.6 Å². The molecule has 9 nitrogen and oxygen atoms in total. The molecule has 0 saturated heterocycles. The fraction of sp³-hybridized carbons (Fsp3) is 0.125. The summed E-state index contributed by atoms with van der Waals surface area (Å²) in [4.78, 5) is 24.4. The van der Waals surface area contributed by atoms with Crippen molar-refractivity contribution in [2.75, 3.05) is 11.9 Å². The number of aromatic nitrogens is 1. The summed E-state index contributed by atoms with van der Waals surface area (Å²) in [7, 11) is -3.94. The zero-order chi connectivity index (χ0) is 25.8. The zero-order valence-corrected chi connectivity index (χ0v) is 21.2. The van der Waals surface area contributed by atoms with E-state index in [0.29, 0.717) is 5.56 Å². The third-order valence-electron chi connectivity index (χ3n) is 4.98. The number of aryl methyl sites for hydroxylation is 1. The van der Waals surface area contributed by atoms with Crippen LogP contribution in [0.2, 0.25) is 0 Å². The highest BCUT2D eigenvalue weighted by Gasteiger charge is 2.17. The molecule has 0 aliphatic rings. The first-order chi connectivity index (χ1) is 16.5. The molecule has 0 radical (unpaired) electrons. The number of primary sulfonamides is 1. The minimum Gasteiger partial charge on any atom is -0.451 e. The molecular weight excluding hydrogens is 536 g/mol. The minimum atomic E-state index is -3.94. The van der Waals surface area contributed by atoms with Crippen molar-refractivity contribution in [2.45, 2.75) is 18.7 Å². The molecule has 3 aromatic rings. The molecule has 0 atom stereocenters. The molecule has 1 aromatic heterocycles. The SMILES string of the molecule is Cc1cc(/C=C(/C#N)C(=O)OCC(=O)Nc2cccc(S(N)(=O)=O)c2)c(C)n1-c1ccc(Br)cc1. The summed E-state index contributed by atoms with van der Waals surface area (Å²) in [6.45, 7) is 3.10. The topological polar surface area (TPSA) is 144 Å². The Morgan fingerprint density at radius 2 is 1.86 bits per heavy atom. The number of hydrogen-bond acceptors (Lipinski definition) is 6. The molecule has 0 unspecified atom stereocenters. The number of carbonyl (C=O) groups excluding carboxylic acids is 2. The molecule has 180 valence electrons. The standard InChI is InChI=1S/C24H21BrN4O5S/c1-15-10-17(16(2)29(15)21-8-6-19(25)7-9-21)11-18(13-26)24(31)34-14-23(30)28-20-4-3-5-22(12-20)35(27,32)33/h3-12H,14H2,1-2H3,(H,28,30)(H2,27,32,33)/b18-11-. The predicted octanol–water partition coefficient (Wildman–Crippen LogP) is 3.59. The van der Waals surface area contributed by atoms with E-state index in [1.165, 1.54) is 30.3 Å². The van der Waals surface area contributed by atoms with Gasteiger partial charge in [0.25, 0.3) is 5.91 Å². The van der Waals surface area contributed by atoms with Gasteiger partial charge in [0, 0.05) is 27.2 Å². The third-order valence-corrected chi connectivity index (χ3v) is 6.42. The van der Waals surface area contributed by atoms with Crippen molar-refractivity contribution < 1.29 is 22.7 Å². The summed E-state index contributed by atoms with van der Waals surface area (Å²) in [5.41, 5.74) is 3.19. The number of carbonyl (C=O) groups is 2. The van der Waals surface area contributed by atoms with Crippen molar-refractivity contribution in [2.24, 2.45) is 5.14 Å². The average molecular weight is 557 g/mol. The van der Waals surface area contributed by atoms with E-state index in [9.17, 15) is 23.3 Å². The highest BCUT2D eigenvalue weighted by atomic mass is 79.9. The van der Waals surface area contributed by atoms with Gasteiger partial charge in [0.05, 0.1) is 4.90 Å². The van der Waals surface area contributed by atoms with Crippen LogP contribution >= 0.6 is 15.9 Å². The maximum atomic E-state index is 12.4. The summed E-state index contributed by atoms with van der Waals surface area (Å²) < 4.78 is 30.8. The number of anilines is 1. The number of halogens is 1. The molecule has 3 rings (SSSR count). The monoisotopic (exact) mass is 556 g/mol. The number of nitriles is 1. The Labute approximate surface area is 211 Å². The number of benzene rings is 2. The van der Waals surface area contributed by atoms with E-state index in [1.807, 2.05) is 54.8 Å². The lowest BCUT2D eigenvalue weighted by molar-refractivity contribution is -0.142. The molecule has 1 amide bonds. The first-order valence-corrected chi connectivity index (χ1v) is 12.5. The number of esters is 1. The molecule has 0 fully saturated rings. The molecule has 35 heavy (non-hydrogen) atoms. The lowest BCUT2D eigenvalue weighted by atomic mass is 10.1. The van der Waals surface area contributed by atoms with E-state index in [4.69, 9.17) is 9.88 Å². The highest BCUT2D eigenvalue weighted by molar-refractivity contribution is 9.10. The van der Waals surface area contributed by atoms with Gasteiger partial charge in [-0.25, -0.2) is 18.4 Å². The molecule has 3 N–H and O–H groups in total. The number of rotatable bonds is 7. The van der Waals surface area contributed by atoms with Crippen LogP contribution in [-0.2, 0) is 24.3 Å². The molecule has 0 spiro atoms. The van der Waals surface area contributed by atoms with Crippen LogP contribution in [0, 0.1) is 25.2 Å². The van der Waals surface area contributed by atoms with Gasteiger partial charge in [0.15, 0.2) is 6.61 Å². The smallest absolute Gasteiger partial charge is 0.349 e. The maximum absolute atomic E-state index is 12.4. The van der Waals surface area contributed by atoms with Crippen molar-refractivity contribution in [3.8, 4) is 11.8 Å². The van der Waals surface area contributed by atoms with Gasteiger partial charge in [-0.15, -0.1) is 0 Å². The lowest BCUT2D eigenvalue weighted by Crippen LogP contribution is -2.21. The van der Waals surface area contributed by atoms with Crippen molar-refractivity contribution in [3.63, 3.8) is 0 Å². The fourth-order valence-electron chi connectivity index (χ4n) is 3.37. The summed E-state index contributed by atoms with van der Waals surface area (Å²) in [6, 6.07) is 16.7. The lowest BCUT2D eigenvalue weighted by Gasteiger charge is -2.10. The molecule has 0 saturated carbocycles. The molecule has 0 aliphatic carbocycles. The van der Waals surface area contributed by atoms with Crippen molar-refractivity contribution in [3.05, 3.63) is 81.6 Å². The van der Waals surface area contributed by atoms with Crippen LogP contribution in [0.5, 0.6) is 0 Å². The molecule has 2 aromatic carbocycles. The minimum absolute atomic E-state index is 0.161. The number of amides is 1. The average Bonchev–Trinajstić information content (AvgIpc) is 3.08. The molecular formula is C24H21BrN4O5S. The number of ether oxygens (including phenoxy) is 1. The van der Waals surface area contributed by atoms with E-state index in [2.05, 4.69) is 21.2 Å². The first-order valence-electron chi connectivity index (χ1n) is 10.2. The maximum Gasteiger partial charge on any atom is 0.349 e. The Bertz CT molecular complexity index is 1470. The van der Waals surface area contributed by atoms with E-state index < -0.39 is 28.5 Å². The summed E-state index contributed by atoms with van der Waals surface area (Å²) in [6.07, 6.45) is 1.41. The Hall–Kier alpha value is -3.72. The Morgan fingerprint density at radius 3 is 2.49 bits per heavy atom. The Morgan fingerprint density at radius 1 is 1.17 bits per heavy atom. The van der Waals surface area contributed by atoms with Gasteiger partial charge >= 0.3 is 5.97 Å². The van der Waals surface area contributed by atoms with Gasteiger partial charge < -0.3 is 14.6 Å². The quantitative estimate of drug-likeness (QED) is 0.258. The van der Waals surface area contributed by atoms with E-state index in [1.54, 1.807) is 0 Å². The van der Waals surface area contributed by atoms with Crippen LogP contribution in [-0.4, -0.2) is 31.5 Å². The van der Waals surface area contributed by atoms with E-state index in [0.717, 1.165) is 21.5 Å². The summed E-state index contributed by atoms with van der Waals surface area (Å²) in [5, 5.41) is 17.0. The Balaban J connectivity index is 1.71. The number of nitrogens with two attached hydrogens (primary N) is 1. The summed E-state index contributed by atoms with van der Waals surface area (Å²) in [5.74, 6) is -1.68. The van der Waals surface area contributed by atoms with Crippen LogP contribution in [0.25, 0.3) is 11.8 Å². The third kappa shape index (κ3) is 6.45. The van der Waals surface area contributed by atoms with E-state index in [-0.39, 0.29) is 16.2 Å². The van der Waals surface area contributed by atoms with Crippen LogP contribution in [0.3, 0.4) is 0 Å². The molecule has 11 heteroatoms. The molecule has 1 heterocycles. The first kappa shape index (κ1) is 25.9. The summed E-state index contributed by atoms with van der Waals surface area (Å²) >= 11 is 3.41. The van der Waals surface area contributed by atoms with Gasteiger partial charge in [-0.1, -0.05) is 22.0 Å². The fourth-order valence-corrected chi connectivity index (χ4v) is 4.19. The van der Waals surface area contributed by atoms with Gasteiger partial charge in [-0.3, -0.25) is 4.79 Å². The second-order valence-electron chi connectivity index (χ2n) is 7.51. The largest absolute Gasteiger partial charge is 0.451 e. The number of nitrogens with zero attached hydrogens (tertiary/aromatic N) is 2.